The lowest BCUT2D eigenvalue weighted by Gasteiger charge is -2.20. The molecule has 5 heteroatoms. The third kappa shape index (κ3) is 3.40. The van der Waals surface area contributed by atoms with Crippen LogP contribution in [0.3, 0.4) is 0 Å². The normalized spacial score (nSPS) is 10.3. The number of benzene rings is 1. The van der Waals surface area contributed by atoms with Crippen LogP contribution in [0.25, 0.3) is 0 Å². The molecule has 0 saturated heterocycles. The average molecular weight is 260 g/mol. The minimum Gasteiger partial charge on any atom is -0.363 e. The molecule has 1 aromatic carbocycles. The van der Waals surface area contributed by atoms with Crippen LogP contribution in [0.1, 0.15) is 5.56 Å². The summed E-state index contributed by atoms with van der Waals surface area (Å²) in [4.78, 5) is 12.4. The quantitative estimate of drug-likeness (QED) is 0.844. The zero-order chi connectivity index (χ0) is 13.8. The van der Waals surface area contributed by atoms with E-state index in [1.54, 1.807) is 18.5 Å². The first kappa shape index (κ1) is 13.3. The van der Waals surface area contributed by atoms with E-state index >= 15 is 0 Å². The predicted molar refractivity (Wildman–Crippen MR) is 74.9 cm³/mol. The van der Waals surface area contributed by atoms with Gasteiger partial charge in [-0.15, -0.1) is 0 Å². The first-order chi connectivity index (χ1) is 9.06. The highest BCUT2D eigenvalue weighted by Gasteiger charge is 2.06. The Bertz CT molecular complexity index is 539. The fraction of sp³-hybridized carbons (Fsp3) is 0.286. The van der Waals surface area contributed by atoms with Crippen molar-refractivity contribution in [1.29, 1.82) is 0 Å². The first-order valence-electron chi connectivity index (χ1n) is 6.01. The van der Waals surface area contributed by atoms with Gasteiger partial charge in [-0.2, -0.15) is 0 Å². The second-order valence-corrected chi connectivity index (χ2v) is 4.61. The van der Waals surface area contributed by atoms with E-state index in [2.05, 4.69) is 9.97 Å². The van der Waals surface area contributed by atoms with E-state index in [4.69, 9.17) is 0 Å². The van der Waals surface area contributed by atoms with Gasteiger partial charge in [0.25, 0.3) is 0 Å². The Morgan fingerprint density at radius 3 is 2.26 bits per heavy atom. The van der Waals surface area contributed by atoms with E-state index in [0.717, 1.165) is 17.2 Å². The lowest BCUT2D eigenvalue weighted by Crippen LogP contribution is -2.19. The predicted octanol–water partition coefficient (Wildman–Crippen LogP) is 2.32. The standard InChI is InChI=1S/C14H17FN4/c1-18(2)13-8-14(17-10-16-13)19(3)9-11-4-6-12(15)7-5-11/h4-8,10H,9H2,1-3H3. The summed E-state index contributed by atoms with van der Waals surface area (Å²) < 4.78 is 12.8. The Labute approximate surface area is 112 Å². The Kier molecular flexibility index (Phi) is 3.94. The van der Waals surface area contributed by atoms with Crippen molar-refractivity contribution in [2.24, 2.45) is 0 Å². The van der Waals surface area contributed by atoms with Crippen molar-refractivity contribution in [2.45, 2.75) is 6.54 Å². The van der Waals surface area contributed by atoms with Crippen LogP contribution in [0, 0.1) is 5.82 Å². The molecule has 19 heavy (non-hydrogen) atoms. The fourth-order valence-corrected chi connectivity index (χ4v) is 1.74. The molecule has 1 heterocycles. The van der Waals surface area contributed by atoms with Gasteiger partial charge in [-0.1, -0.05) is 12.1 Å². The fourth-order valence-electron chi connectivity index (χ4n) is 1.74. The van der Waals surface area contributed by atoms with Crippen molar-refractivity contribution in [3.8, 4) is 0 Å². The van der Waals surface area contributed by atoms with Gasteiger partial charge in [0.15, 0.2) is 0 Å². The third-order valence-corrected chi connectivity index (χ3v) is 2.82. The molecule has 2 rings (SSSR count). The van der Waals surface area contributed by atoms with E-state index in [0.29, 0.717) is 6.54 Å². The third-order valence-electron chi connectivity index (χ3n) is 2.82. The lowest BCUT2D eigenvalue weighted by atomic mass is 10.2. The number of aromatic nitrogens is 2. The highest BCUT2D eigenvalue weighted by Crippen LogP contribution is 2.16. The summed E-state index contributed by atoms with van der Waals surface area (Å²) in [5, 5.41) is 0. The summed E-state index contributed by atoms with van der Waals surface area (Å²) in [6.45, 7) is 0.671. The van der Waals surface area contributed by atoms with E-state index in [9.17, 15) is 4.39 Å². The number of hydrogen-bond acceptors (Lipinski definition) is 4. The molecule has 2 aromatic rings. The van der Waals surface area contributed by atoms with Crippen LogP contribution in [0.2, 0.25) is 0 Å². The number of nitrogens with zero attached hydrogens (tertiary/aromatic N) is 4. The van der Waals surface area contributed by atoms with Crippen LogP contribution >= 0.6 is 0 Å². The second-order valence-electron chi connectivity index (χ2n) is 4.61. The van der Waals surface area contributed by atoms with Gasteiger partial charge < -0.3 is 9.80 Å². The van der Waals surface area contributed by atoms with Gasteiger partial charge in [-0.3, -0.25) is 0 Å². The monoisotopic (exact) mass is 260 g/mol. The summed E-state index contributed by atoms with van der Waals surface area (Å²) in [5.74, 6) is 1.47. The molecule has 0 aliphatic rings. The van der Waals surface area contributed by atoms with Crippen LogP contribution in [0.4, 0.5) is 16.0 Å². The molecule has 0 unspecified atom stereocenters. The minimum atomic E-state index is -0.219. The van der Waals surface area contributed by atoms with Crippen molar-refractivity contribution in [3.63, 3.8) is 0 Å². The van der Waals surface area contributed by atoms with Gasteiger partial charge in [0.05, 0.1) is 0 Å². The number of rotatable bonds is 4. The number of anilines is 2. The molecule has 0 N–H and O–H groups in total. The maximum absolute atomic E-state index is 12.8. The van der Waals surface area contributed by atoms with E-state index in [1.165, 1.54) is 12.1 Å². The van der Waals surface area contributed by atoms with Gasteiger partial charge in [-0.25, -0.2) is 14.4 Å². The molecule has 0 radical (unpaired) electrons. The molecule has 0 aliphatic carbocycles. The van der Waals surface area contributed by atoms with E-state index in [-0.39, 0.29) is 5.82 Å². The van der Waals surface area contributed by atoms with Crippen molar-refractivity contribution < 1.29 is 4.39 Å². The van der Waals surface area contributed by atoms with Crippen LogP contribution < -0.4 is 9.80 Å². The Morgan fingerprint density at radius 1 is 1.00 bits per heavy atom. The molecule has 0 atom stereocenters. The number of hydrogen-bond donors (Lipinski definition) is 0. The summed E-state index contributed by atoms with van der Waals surface area (Å²) in [6.07, 6.45) is 1.55. The molecule has 100 valence electrons. The first-order valence-corrected chi connectivity index (χ1v) is 6.01. The molecule has 0 aliphatic heterocycles. The molecule has 4 nitrogen and oxygen atoms in total. The molecular weight excluding hydrogens is 243 g/mol. The largest absolute Gasteiger partial charge is 0.363 e. The van der Waals surface area contributed by atoms with Crippen molar-refractivity contribution in [1.82, 2.24) is 9.97 Å². The molecule has 0 fully saturated rings. The van der Waals surface area contributed by atoms with Crippen LogP contribution in [0.5, 0.6) is 0 Å². The van der Waals surface area contributed by atoms with Gasteiger partial charge >= 0.3 is 0 Å². The topological polar surface area (TPSA) is 32.3 Å². The molecule has 1 aromatic heterocycles. The van der Waals surface area contributed by atoms with Crippen molar-refractivity contribution in [3.05, 3.63) is 48.0 Å². The van der Waals surface area contributed by atoms with Crippen LogP contribution in [-0.4, -0.2) is 31.1 Å². The zero-order valence-electron chi connectivity index (χ0n) is 11.3. The Hall–Kier alpha value is -2.17. The Balaban J connectivity index is 2.13. The summed E-state index contributed by atoms with van der Waals surface area (Å²) in [6, 6.07) is 8.41. The maximum Gasteiger partial charge on any atom is 0.134 e. The van der Waals surface area contributed by atoms with E-state index in [1.807, 2.05) is 37.0 Å². The van der Waals surface area contributed by atoms with E-state index < -0.39 is 0 Å². The zero-order valence-corrected chi connectivity index (χ0v) is 11.3. The molecular formula is C14H17FN4. The SMILES string of the molecule is CN(C)c1cc(N(C)Cc2ccc(F)cc2)ncn1. The van der Waals surface area contributed by atoms with Gasteiger partial charge in [0.2, 0.25) is 0 Å². The summed E-state index contributed by atoms with van der Waals surface area (Å²) in [7, 11) is 5.82. The van der Waals surface area contributed by atoms with Crippen molar-refractivity contribution in [2.75, 3.05) is 30.9 Å². The lowest BCUT2D eigenvalue weighted by molar-refractivity contribution is 0.627. The second kappa shape index (κ2) is 5.65. The maximum atomic E-state index is 12.8. The smallest absolute Gasteiger partial charge is 0.134 e. The van der Waals surface area contributed by atoms with Gasteiger partial charge in [0.1, 0.15) is 23.8 Å². The van der Waals surface area contributed by atoms with Gasteiger partial charge in [-0.05, 0) is 17.7 Å². The molecule has 0 saturated carbocycles. The average Bonchev–Trinajstić information content (AvgIpc) is 2.41. The highest BCUT2D eigenvalue weighted by atomic mass is 19.1. The number of halogens is 1. The molecule has 0 amide bonds. The minimum absolute atomic E-state index is 0.219. The van der Waals surface area contributed by atoms with Gasteiger partial charge in [0, 0.05) is 33.8 Å². The highest BCUT2D eigenvalue weighted by molar-refractivity contribution is 5.49. The van der Waals surface area contributed by atoms with Crippen molar-refractivity contribution >= 4 is 11.6 Å². The Morgan fingerprint density at radius 2 is 1.63 bits per heavy atom. The summed E-state index contributed by atoms with van der Waals surface area (Å²) in [5.41, 5.74) is 1.04. The molecule has 0 spiro atoms. The van der Waals surface area contributed by atoms with Crippen LogP contribution in [-0.2, 0) is 6.54 Å². The summed E-state index contributed by atoms with van der Waals surface area (Å²) >= 11 is 0. The molecule has 0 bridgehead atoms. The van der Waals surface area contributed by atoms with Crippen LogP contribution in [0.15, 0.2) is 36.7 Å².